The Kier molecular flexibility index (Phi) is 1.98. The predicted molar refractivity (Wildman–Crippen MR) is 52.5 cm³/mol. The second-order valence-corrected chi connectivity index (χ2v) is 2.75. The average Bonchev–Trinajstić information content (AvgIpc) is 2.19. The van der Waals surface area contributed by atoms with Gasteiger partial charge in [0.25, 0.3) is 5.56 Å². The van der Waals surface area contributed by atoms with Crippen LogP contribution in [0.1, 0.15) is 0 Å². The van der Waals surface area contributed by atoms with E-state index in [-0.39, 0.29) is 11.5 Å². The molecule has 0 atom stereocenters. The van der Waals surface area contributed by atoms with E-state index in [1.165, 1.54) is 6.20 Å². The Hall–Kier alpha value is -2.17. The van der Waals surface area contributed by atoms with Gasteiger partial charge in [0.2, 0.25) is 0 Å². The Balaban J connectivity index is 2.59. The van der Waals surface area contributed by atoms with Crippen LogP contribution in [0.15, 0.2) is 35.5 Å². The van der Waals surface area contributed by atoms with Gasteiger partial charge in [-0.05, 0) is 17.7 Å². The molecular weight excluding hydrogens is 180 g/mol. The standard InChI is InChI=1S/C9H8N4O/c10-9-12-5-7(8(14)13-9)6-1-3-11-4-2-6/h1-5H,(H3,10,12,13,14). The van der Waals surface area contributed by atoms with Crippen LogP contribution in [0.2, 0.25) is 0 Å². The molecule has 2 aromatic heterocycles. The Morgan fingerprint density at radius 1 is 1.29 bits per heavy atom. The summed E-state index contributed by atoms with van der Waals surface area (Å²) in [5.74, 6) is 0.118. The van der Waals surface area contributed by atoms with Gasteiger partial charge in [-0.15, -0.1) is 0 Å². The van der Waals surface area contributed by atoms with E-state index in [9.17, 15) is 4.79 Å². The first-order valence-corrected chi connectivity index (χ1v) is 4.02. The normalized spacial score (nSPS) is 10.0. The van der Waals surface area contributed by atoms with Gasteiger partial charge in [0, 0.05) is 18.6 Å². The molecule has 0 radical (unpaired) electrons. The number of aromatic amines is 1. The van der Waals surface area contributed by atoms with Crippen LogP contribution in [0.25, 0.3) is 11.1 Å². The SMILES string of the molecule is Nc1ncc(-c2ccncc2)c(=O)[nH]1. The zero-order chi connectivity index (χ0) is 9.97. The molecule has 70 valence electrons. The van der Waals surface area contributed by atoms with Gasteiger partial charge in [-0.3, -0.25) is 14.8 Å². The Bertz CT molecular complexity index is 492. The minimum Gasteiger partial charge on any atom is -0.369 e. The highest BCUT2D eigenvalue weighted by atomic mass is 16.1. The molecule has 0 aliphatic heterocycles. The quantitative estimate of drug-likeness (QED) is 0.679. The molecule has 0 aliphatic rings. The third-order valence-corrected chi connectivity index (χ3v) is 1.81. The van der Waals surface area contributed by atoms with E-state index in [4.69, 9.17) is 5.73 Å². The van der Waals surface area contributed by atoms with Crippen molar-refractivity contribution < 1.29 is 0 Å². The van der Waals surface area contributed by atoms with Crippen LogP contribution in [-0.2, 0) is 0 Å². The number of nitrogens with two attached hydrogens (primary N) is 1. The highest BCUT2D eigenvalue weighted by Crippen LogP contribution is 2.11. The highest BCUT2D eigenvalue weighted by Gasteiger charge is 2.02. The smallest absolute Gasteiger partial charge is 0.260 e. The summed E-state index contributed by atoms with van der Waals surface area (Å²) in [6, 6.07) is 3.48. The fourth-order valence-electron chi connectivity index (χ4n) is 1.15. The Morgan fingerprint density at radius 3 is 2.64 bits per heavy atom. The molecule has 2 rings (SSSR count). The maximum atomic E-state index is 11.4. The minimum atomic E-state index is -0.247. The van der Waals surface area contributed by atoms with Crippen molar-refractivity contribution in [2.75, 3.05) is 5.73 Å². The number of H-pyrrole nitrogens is 1. The van der Waals surface area contributed by atoms with Crippen molar-refractivity contribution in [1.82, 2.24) is 15.0 Å². The predicted octanol–water partition coefficient (Wildman–Crippen LogP) is 0.414. The summed E-state index contributed by atoms with van der Waals surface area (Å²) in [4.78, 5) is 21.6. The minimum absolute atomic E-state index is 0.118. The van der Waals surface area contributed by atoms with Gasteiger partial charge in [0.1, 0.15) is 0 Å². The molecule has 0 spiro atoms. The molecular formula is C9H8N4O. The molecule has 5 nitrogen and oxygen atoms in total. The van der Waals surface area contributed by atoms with Gasteiger partial charge in [0.05, 0.1) is 5.56 Å². The van der Waals surface area contributed by atoms with Gasteiger partial charge < -0.3 is 5.73 Å². The molecule has 0 unspecified atom stereocenters. The molecule has 0 saturated heterocycles. The summed E-state index contributed by atoms with van der Waals surface area (Å²) >= 11 is 0. The van der Waals surface area contributed by atoms with Crippen molar-refractivity contribution in [2.45, 2.75) is 0 Å². The van der Waals surface area contributed by atoms with Crippen LogP contribution in [-0.4, -0.2) is 15.0 Å². The lowest BCUT2D eigenvalue weighted by molar-refractivity contribution is 1.14. The van der Waals surface area contributed by atoms with E-state index < -0.39 is 0 Å². The molecule has 0 saturated carbocycles. The average molecular weight is 188 g/mol. The molecule has 0 amide bonds. The van der Waals surface area contributed by atoms with Crippen LogP contribution < -0.4 is 11.3 Å². The fourth-order valence-corrected chi connectivity index (χ4v) is 1.15. The van der Waals surface area contributed by atoms with E-state index in [0.29, 0.717) is 5.56 Å². The first-order valence-electron chi connectivity index (χ1n) is 4.02. The van der Waals surface area contributed by atoms with Crippen molar-refractivity contribution in [3.63, 3.8) is 0 Å². The third kappa shape index (κ3) is 1.47. The van der Waals surface area contributed by atoms with Gasteiger partial charge in [0.15, 0.2) is 5.95 Å². The third-order valence-electron chi connectivity index (χ3n) is 1.81. The molecule has 5 heteroatoms. The van der Waals surface area contributed by atoms with Crippen LogP contribution in [0.5, 0.6) is 0 Å². The van der Waals surface area contributed by atoms with Crippen LogP contribution >= 0.6 is 0 Å². The van der Waals surface area contributed by atoms with E-state index >= 15 is 0 Å². The largest absolute Gasteiger partial charge is 0.369 e. The van der Waals surface area contributed by atoms with Gasteiger partial charge in [-0.1, -0.05) is 0 Å². The van der Waals surface area contributed by atoms with Crippen molar-refractivity contribution >= 4 is 5.95 Å². The Morgan fingerprint density at radius 2 is 2.00 bits per heavy atom. The molecule has 0 fully saturated rings. The first kappa shape index (κ1) is 8.43. The lowest BCUT2D eigenvalue weighted by Crippen LogP contribution is -2.12. The molecule has 0 aromatic carbocycles. The number of rotatable bonds is 1. The highest BCUT2D eigenvalue weighted by molar-refractivity contribution is 5.60. The number of nitrogen functional groups attached to an aromatic ring is 1. The van der Waals surface area contributed by atoms with E-state index in [1.807, 2.05) is 0 Å². The van der Waals surface area contributed by atoms with Crippen molar-refractivity contribution in [2.24, 2.45) is 0 Å². The van der Waals surface area contributed by atoms with E-state index in [0.717, 1.165) is 5.56 Å². The molecule has 3 N–H and O–H groups in total. The number of nitrogens with zero attached hydrogens (tertiary/aromatic N) is 2. The summed E-state index contributed by atoms with van der Waals surface area (Å²) < 4.78 is 0. The second kappa shape index (κ2) is 3.29. The van der Waals surface area contributed by atoms with E-state index in [1.54, 1.807) is 24.5 Å². The summed E-state index contributed by atoms with van der Waals surface area (Å²) in [6.07, 6.45) is 4.68. The lowest BCUT2D eigenvalue weighted by Gasteiger charge is -1.98. The summed E-state index contributed by atoms with van der Waals surface area (Å²) in [5.41, 5.74) is 6.34. The number of aromatic nitrogens is 3. The van der Waals surface area contributed by atoms with Crippen LogP contribution in [0.4, 0.5) is 5.95 Å². The summed E-state index contributed by atoms with van der Waals surface area (Å²) in [7, 11) is 0. The van der Waals surface area contributed by atoms with Gasteiger partial charge in [-0.2, -0.15) is 0 Å². The van der Waals surface area contributed by atoms with Crippen LogP contribution in [0, 0.1) is 0 Å². The van der Waals surface area contributed by atoms with Gasteiger partial charge in [-0.25, -0.2) is 4.98 Å². The van der Waals surface area contributed by atoms with Crippen molar-refractivity contribution in [1.29, 1.82) is 0 Å². The van der Waals surface area contributed by atoms with Crippen molar-refractivity contribution in [3.8, 4) is 11.1 Å². The monoisotopic (exact) mass is 188 g/mol. The summed E-state index contributed by atoms with van der Waals surface area (Å²) in [5, 5.41) is 0. The molecule has 0 bridgehead atoms. The molecule has 2 heterocycles. The maximum Gasteiger partial charge on any atom is 0.260 e. The van der Waals surface area contributed by atoms with Crippen LogP contribution in [0.3, 0.4) is 0 Å². The Labute approximate surface area is 79.6 Å². The van der Waals surface area contributed by atoms with Crippen molar-refractivity contribution in [3.05, 3.63) is 41.1 Å². The van der Waals surface area contributed by atoms with Gasteiger partial charge >= 0.3 is 0 Å². The zero-order valence-electron chi connectivity index (χ0n) is 7.27. The summed E-state index contributed by atoms with van der Waals surface area (Å²) in [6.45, 7) is 0. The second-order valence-electron chi connectivity index (χ2n) is 2.75. The molecule has 0 aliphatic carbocycles. The maximum absolute atomic E-state index is 11.4. The number of pyridine rings is 1. The van der Waals surface area contributed by atoms with E-state index in [2.05, 4.69) is 15.0 Å². The lowest BCUT2D eigenvalue weighted by atomic mass is 10.1. The first-order chi connectivity index (χ1) is 6.77. The zero-order valence-corrected chi connectivity index (χ0v) is 7.27. The molecule has 14 heavy (non-hydrogen) atoms. The number of hydrogen-bond donors (Lipinski definition) is 2. The number of hydrogen-bond acceptors (Lipinski definition) is 4. The number of anilines is 1. The fraction of sp³-hybridized carbons (Fsp3) is 0. The topological polar surface area (TPSA) is 84.7 Å². The number of nitrogens with one attached hydrogen (secondary N) is 1. The molecule has 2 aromatic rings.